The van der Waals surface area contributed by atoms with Crippen LogP contribution in [0.25, 0.3) is 11.5 Å². The number of halogens is 1. The van der Waals surface area contributed by atoms with E-state index in [1.807, 2.05) is 22.4 Å². The molecular formula is C18H18FN4O2S2+. The van der Waals surface area contributed by atoms with Crippen LogP contribution in [0.15, 0.2) is 46.2 Å². The topological polar surface area (TPSA) is 55.7 Å². The lowest BCUT2D eigenvalue weighted by molar-refractivity contribution is -0.927. The highest BCUT2D eigenvalue weighted by molar-refractivity contribution is 7.71. The molecule has 1 aliphatic heterocycles. The first kappa shape index (κ1) is 18.0. The van der Waals surface area contributed by atoms with Crippen LogP contribution in [-0.2, 0) is 6.67 Å². The molecule has 4 rings (SSSR count). The fourth-order valence-corrected chi connectivity index (χ4v) is 3.98. The molecule has 0 radical (unpaired) electrons. The second kappa shape index (κ2) is 7.71. The number of piperazine rings is 1. The summed E-state index contributed by atoms with van der Waals surface area (Å²) in [5.41, 5.74) is 0.295. The molecule has 0 atom stereocenters. The molecule has 1 N–H and O–H groups in total. The quantitative estimate of drug-likeness (QED) is 0.676. The number of carbonyl (C=O) groups is 1. The third-order valence-electron chi connectivity index (χ3n) is 4.57. The van der Waals surface area contributed by atoms with Crippen LogP contribution in [0, 0.1) is 10.7 Å². The molecule has 1 aliphatic rings. The van der Waals surface area contributed by atoms with E-state index in [4.69, 9.17) is 16.6 Å². The lowest BCUT2D eigenvalue weighted by Crippen LogP contribution is -3.14. The lowest BCUT2D eigenvalue weighted by Gasteiger charge is -2.31. The molecule has 9 heteroatoms. The fourth-order valence-electron chi connectivity index (χ4n) is 3.10. The standard InChI is InChI=1S/C18H17FN4O2S2/c19-14-5-2-1-4-13(14)16-20-23(18(26)25-16)12-21-7-9-22(10-8-21)17(24)15-6-3-11-27-15/h1-6,11H,7-10,12H2/p+1. The largest absolute Gasteiger partial charge is 0.409 e. The Morgan fingerprint density at radius 1 is 1.26 bits per heavy atom. The second-order valence-corrected chi connectivity index (χ2v) is 7.63. The van der Waals surface area contributed by atoms with Crippen molar-refractivity contribution in [2.75, 3.05) is 26.2 Å². The third-order valence-corrected chi connectivity index (χ3v) is 5.73. The van der Waals surface area contributed by atoms with Crippen LogP contribution < -0.4 is 4.90 Å². The predicted molar refractivity (Wildman–Crippen MR) is 102 cm³/mol. The molecule has 27 heavy (non-hydrogen) atoms. The number of benzene rings is 1. The Balaban J connectivity index is 1.40. The van der Waals surface area contributed by atoms with Crippen LogP contribution in [0.2, 0.25) is 0 Å². The molecular weight excluding hydrogens is 387 g/mol. The van der Waals surface area contributed by atoms with Crippen molar-refractivity contribution in [3.63, 3.8) is 0 Å². The highest BCUT2D eigenvalue weighted by Crippen LogP contribution is 2.20. The summed E-state index contributed by atoms with van der Waals surface area (Å²) in [6.07, 6.45) is 0. The van der Waals surface area contributed by atoms with Crippen LogP contribution in [-0.4, -0.2) is 46.8 Å². The van der Waals surface area contributed by atoms with Crippen molar-refractivity contribution >= 4 is 29.5 Å². The monoisotopic (exact) mass is 405 g/mol. The van der Waals surface area contributed by atoms with Gasteiger partial charge in [-0.15, -0.1) is 16.4 Å². The van der Waals surface area contributed by atoms with Gasteiger partial charge in [-0.25, -0.2) is 4.39 Å². The van der Waals surface area contributed by atoms with Crippen molar-refractivity contribution < 1.29 is 18.5 Å². The van der Waals surface area contributed by atoms with Crippen LogP contribution in [0.5, 0.6) is 0 Å². The Morgan fingerprint density at radius 3 is 2.74 bits per heavy atom. The van der Waals surface area contributed by atoms with Crippen molar-refractivity contribution in [3.8, 4) is 11.5 Å². The molecule has 1 saturated heterocycles. The van der Waals surface area contributed by atoms with Crippen LogP contribution in [0.4, 0.5) is 4.39 Å². The minimum Gasteiger partial charge on any atom is -0.409 e. The SMILES string of the molecule is O=C(c1cccs1)N1CC[NH+](Cn2nc(-c3ccccc3F)oc2=S)CC1. The number of nitrogens with zero attached hydrogens (tertiary/aromatic N) is 3. The van der Waals surface area contributed by atoms with Gasteiger partial charge in [0.1, 0.15) is 5.82 Å². The minimum absolute atomic E-state index is 0.0870. The summed E-state index contributed by atoms with van der Waals surface area (Å²) in [6, 6.07) is 10.1. The molecule has 1 amide bonds. The number of nitrogens with one attached hydrogen (secondary N) is 1. The highest BCUT2D eigenvalue weighted by atomic mass is 32.1. The third kappa shape index (κ3) is 3.85. The number of thiophene rings is 1. The van der Waals surface area contributed by atoms with Gasteiger partial charge < -0.3 is 14.2 Å². The van der Waals surface area contributed by atoms with E-state index in [0.29, 0.717) is 25.3 Å². The number of hydrogen-bond acceptors (Lipinski definition) is 5. The Morgan fingerprint density at radius 2 is 2.04 bits per heavy atom. The number of rotatable bonds is 4. The highest BCUT2D eigenvalue weighted by Gasteiger charge is 2.26. The van der Waals surface area contributed by atoms with E-state index < -0.39 is 5.82 Å². The van der Waals surface area contributed by atoms with Crippen LogP contribution in [0.3, 0.4) is 0 Å². The molecule has 0 aliphatic carbocycles. The first-order chi connectivity index (χ1) is 13.1. The van der Waals surface area contributed by atoms with Gasteiger partial charge in [-0.3, -0.25) is 4.79 Å². The number of amides is 1. The number of aromatic nitrogens is 2. The molecule has 0 saturated carbocycles. The number of carbonyl (C=O) groups excluding carboxylic acids is 1. The molecule has 0 unspecified atom stereocenters. The zero-order valence-corrected chi connectivity index (χ0v) is 16.1. The first-order valence-corrected chi connectivity index (χ1v) is 9.90. The molecule has 3 aromatic rings. The summed E-state index contributed by atoms with van der Waals surface area (Å²) in [5.74, 6) is -0.123. The molecule has 3 heterocycles. The van der Waals surface area contributed by atoms with E-state index in [1.54, 1.807) is 22.9 Å². The van der Waals surface area contributed by atoms with Gasteiger partial charge in [0.15, 0.2) is 6.67 Å². The van der Waals surface area contributed by atoms with Crippen molar-refractivity contribution in [1.29, 1.82) is 0 Å². The van der Waals surface area contributed by atoms with Crippen LogP contribution >= 0.6 is 23.6 Å². The van der Waals surface area contributed by atoms with E-state index in [1.165, 1.54) is 22.3 Å². The normalized spacial score (nSPS) is 15.2. The average Bonchev–Trinajstić information content (AvgIpc) is 3.33. The summed E-state index contributed by atoms with van der Waals surface area (Å²) in [6.45, 7) is 3.47. The molecule has 1 fully saturated rings. The minimum atomic E-state index is -0.394. The smallest absolute Gasteiger partial charge is 0.292 e. The van der Waals surface area contributed by atoms with Gasteiger partial charge in [0.05, 0.1) is 36.6 Å². The Labute approximate surface area is 164 Å². The molecule has 6 nitrogen and oxygen atoms in total. The average molecular weight is 406 g/mol. The Bertz CT molecular complexity index is 991. The first-order valence-electron chi connectivity index (χ1n) is 8.61. The maximum atomic E-state index is 13.9. The van der Waals surface area contributed by atoms with Gasteiger partial charge in [-0.2, -0.15) is 4.68 Å². The molecule has 2 aromatic heterocycles. The second-order valence-electron chi connectivity index (χ2n) is 6.33. The number of hydrogen-bond donors (Lipinski definition) is 1. The van der Waals surface area contributed by atoms with Crippen molar-refractivity contribution in [2.45, 2.75) is 6.67 Å². The lowest BCUT2D eigenvalue weighted by atomic mass is 10.2. The van der Waals surface area contributed by atoms with E-state index in [0.717, 1.165) is 18.0 Å². The predicted octanol–water partition coefficient (Wildman–Crippen LogP) is 2.07. The van der Waals surface area contributed by atoms with E-state index in [9.17, 15) is 9.18 Å². The Hall–Kier alpha value is -2.36. The summed E-state index contributed by atoms with van der Waals surface area (Å²) in [7, 11) is 0. The van der Waals surface area contributed by atoms with Crippen molar-refractivity contribution in [1.82, 2.24) is 14.7 Å². The summed E-state index contributed by atoms with van der Waals surface area (Å²) in [5, 5.41) is 6.25. The molecule has 140 valence electrons. The van der Waals surface area contributed by atoms with Gasteiger partial charge >= 0.3 is 0 Å². The molecule has 1 aromatic carbocycles. The van der Waals surface area contributed by atoms with Crippen molar-refractivity contribution in [2.24, 2.45) is 0 Å². The van der Waals surface area contributed by atoms with E-state index in [2.05, 4.69) is 5.10 Å². The summed E-state index contributed by atoms with van der Waals surface area (Å²) < 4.78 is 21.0. The zero-order valence-electron chi connectivity index (χ0n) is 14.4. The molecule has 0 spiro atoms. The van der Waals surface area contributed by atoms with Gasteiger partial charge in [-0.1, -0.05) is 18.2 Å². The summed E-state index contributed by atoms with van der Waals surface area (Å²) >= 11 is 6.70. The fraction of sp³-hybridized carbons (Fsp3) is 0.278. The van der Waals surface area contributed by atoms with Crippen LogP contribution in [0.1, 0.15) is 9.67 Å². The molecule has 0 bridgehead atoms. The summed E-state index contributed by atoms with van der Waals surface area (Å²) in [4.78, 5) is 16.5. The van der Waals surface area contributed by atoms with Gasteiger partial charge in [-0.05, 0) is 35.8 Å². The Kier molecular flexibility index (Phi) is 5.15. The van der Waals surface area contributed by atoms with Gasteiger partial charge in [0.2, 0.25) is 5.89 Å². The van der Waals surface area contributed by atoms with E-state index in [-0.39, 0.29) is 16.6 Å². The van der Waals surface area contributed by atoms with Crippen molar-refractivity contribution in [3.05, 3.63) is 57.3 Å². The maximum absolute atomic E-state index is 13.9. The van der Waals surface area contributed by atoms with E-state index >= 15 is 0 Å². The van der Waals surface area contributed by atoms with Gasteiger partial charge in [0, 0.05) is 0 Å². The van der Waals surface area contributed by atoms with Gasteiger partial charge in [0.25, 0.3) is 10.7 Å². The zero-order chi connectivity index (χ0) is 18.8. The number of quaternary nitrogens is 1. The maximum Gasteiger partial charge on any atom is 0.292 e.